The van der Waals surface area contributed by atoms with Gasteiger partial charge >= 0.3 is 0 Å². The van der Waals surface area contributed by atoms with Gasteiger partial charge in [0, 0.05) is 29.8 Å². The van der Waals surface area contributed by atoms with Crippen LogP contribution in [0.2, 0.25) is 0 Å². The van der Waals surface area contributed by atoms with Crippen LogP contribution in [0, 0.1) is 0 Å². The minimum absolute atomic E-state index is 0.170. The molecule has 162 valence electrons. The summed E-state index contributed by atoms with van der Waals surface area (Å²) in [5.41, 5.74) is 4.73. The summed E-state index contributed by atoms with van der Waals surface area (Å²) in [5.74, 6) is 0.776. The summed E-state index contributed by atoms with van der Waals surface area (Å²) in [7, 11) is 4.05. The molecule has 2 aromatic heterocycles. The number of benzene rings is 2. The molecule has 2 aromatic carbocycles. The number of aromatic nitrogens is 4. The maximum Gasteiger partial charge on any atom is 0.256 e. The van der Waals surface area contributed by atoms with Crippen molar-refractivity contribution in [2.45, 2.75) is 18.8 Å². The summed E-state index contributed by atoms with van der Waals surface area (Å²) in [5, 5.41) is 16.5. The first-order valence-corrected chi connectivity index (χ1v) is 10.9. The molecule has 4 aromatic rings. The zero-order chi connectivity index (χ0) is 22.1. The van der Waals surface area contributed by atoms with E-state index in [1.54, 1.807) is 4.68 Å². The van der Waals surface area contributed by atoms with Crippen molar-refractivity contribution in [1.82, 2.24) is 24.9 Å². The van der Waals surface area contributed by atoms with Crippen LogP contribution >= 0.6 is 0 Å². The first-order valence-electron chi connectivity index (χ1n) is 10.9. The Balaban J connectivity index is 1.36. The third-order valence-electron chi connectivity index (χ3n) is 6.20. The fourth-order valence-electron chi connectivity index (χ4n) is 4.32. The molecule has 0 spiro atoms. The van der Waals surface area contributed by atoms with E-state index in [-0.39, 0.29) is 5.91 Å². The Hall–Kier alpha value is -3.58. The van der Waals surface area contributed by atoms with Gasteiger partial charge in [0.15, 0.2) is 5.82 Å². The third-order valence-corrected chi connectivity index (χ3v) is 6.20. The largest absolute Gasteiger partial charge is 0.306 e. The van der Waals surface area contributed by atoms with Crippen molar-refractivity contribution in [2.75, 3.05) is 25.5 Å². The van der Waals surface area contributed by atoms with E-state index in [9.17, 15) is 4.79 Å². The first kappa shape index (κ1) is 20.3. The van der Waals surface area contributed by atoms with E-state index >= 15 is 0 Å². The maximum absolute atomic E-state index is 12.9. The SMILES string of the molecule is CN1CCC(c2cccc(C(=O)Nc3cc4cc(-c5cnn(C)c5)ccc4nn3)c2)CC1. The number of carbonyl (C=O) groups excluding carboxylic acids is 1. The van der Waals surface area contributed by atoms with Crippen LogP contribution < -0.4 is 5.32 Å². The minimum atomic E-state index is -0.170. The van der Waals surface area contributed by atoms with E-state index in [1.807, 2.05) is 61.9 Å². The Labute approximate surface area is 187 Å². The number of hydrogen-bond acceptors (Lipinski definition) is 5. The van der Waals surface area contributed by atoms with Crippen LogP contribution in [0.5, 0.6) is 0 Å². The molecular weight excluding hydrogens is 400 g/mol. The van der Waals surface area contributed by atoms with Gasteiger partial charge in [-0.05, 0) is 80.4 Å². The molecule has 1 aliphatic heterocycles. The normalized spacial score (nSPS) is 15.2. The second kappa shape index (κ2) is 8.51. The number of likely N-dealkylation sites (tertiary alicyclic amines) is 1. The van der Waals surface area contributed by atoms with Gasteiger partial charge in [0.05, 0.1) is 11.7 Å². The molecule has 0 radical (unpaired) electrons. The Kier molecular flexibility index (Phi) is 5.41. The summed E-state index contributed by atoms with van der Waals surface area (Å²) in [6.07, 6.45) is 6.04. The smallest absolute Gasteiger partial charge is 0.256 e. The molecule has 5 rings (SSSR count). The summed E-state index contributed by atoms with van der Waals surface area (Å²) >= 11 is 0. The van der Waals surface area contributed by atoms with Crippen molar-refractivity contribution in [1.29, 1.82) is 0 Å². The van der Waals surface area contributed by atoms with Crippen LogP contribution in [0.4, 0.5) is 5.82 Å². The van der Waals surface area contributed by atoms with Gasteiger partial charge in [0.1, 0.15) is 0 Å². The number of hydrogen-bond donors (Lipinski definition) is 1. The molecule has 1 aliphatic rings. The Morgan fingerprint density at radius 2 is 1.84 bits per heavy atom. The lowest BCUT2D eigenvalue weighted by molar-refractivity contribution is 0.102. The molecule has 1 saturated heterocycles. The number of carbonyl (C=O) groups is 1. The van der Waals surface area contributed by atoms with E-state index in [4.69, 9.17) is 0 Å². The van der Waals surface area contributed by atoms with Crippen LogP contribution in [-0.2, 0) is 7.05 Å². The second-order valence-corrected chi connectivity index (χ2v) is 8.56. The van der Waals surface area contributed by atoms with Gasteiger partial charge in [-0.2, -0.15) is 5.10 Å². The van der Waals surface area contributed by atoms with E-state index in [0.29, 0.717) is 17.3 Å². The molecule has 0 atom stereocenters. The molecule has 0 aliphatic carbocycles. The fraction of sp³-hybridized carbons (Fsp3) is 0.280. The summed E-state index contributed by atoms with van der Waals surface area (Å²) in [6.45, 7) is 2.18. The summed E-state index contributed by atoms with van der Waals surface area (Å²) in [4.78, 5) is 15.3. The van der Waals surface area contributed by atoms with Crippen molar-refractivity contribution in [2.24, 2.45) is 7.05 Å². The van der Waals surface area contributed by atoms with Gasteiger partial charge in [0.2, 0.25) is 0 Å². The van der Waals surface area contributed by atoms with E-state index in [2.05, 4.69) is 38.6 Å². The molecule has 7 heteroatoms. The lowest BCUT2D eigenvalue weighted by atomic mass is 9.89. The summed E-state index contributed by atoms with van der Waals surface area (Å²) < 4.78 is 1.77. The lowest BCUT2D eigenvalue weighted by Crippen LogP contribution is -2.29. The molecule has 0 unspecified atom stereocenters. The topological polar surface area (TPSA) is 75.9 Å². The molecule has 1 N–H and O–H groups in total. The third kappa shape index (κ3) is 4.24. The zero-order valence-electron chi connectivity index (χ0n) is 18.3. The maximum atomic E-state index is 12.9. The van der Waals surface area contributed by atoms with Crippen molar-refractivity contribution in [3.8, 4) is 11.1 Å². The lowest BCUT2D eigenvalue weighted by Gasteiger charge is -2.29. The van der Waals surface area contributed by atoms with Crippen molar-refractivity contribution in [3.63, 3.8) is 0 Å². The highest BCUT2D eigenvalue weighted by Gasteiger charge is 2.19. The van der Waals surface area contributed by atoms with Crippen LogP contribution in [0.25, 0.3) is 22.0 Å². The van der Waals surface area contributed by atoms with Gasteiger partial charge in [0.25, 0.3) is 5.91 Å². The predicted molar refractivity (Wildman–Crippen MR) is 126 cm³/mol. The van der Waals surface area contributed by atoms with Gasteiger partial charge in [-0.25, -0.2) is 0 Å². The average Bonchev–Trinajstić information content (AvgIpc) is 3.25. The van der Waals surface area contributed by atoms with Crippen molar-refractivity contribution < 1.29 is 4.79 Å². The quantitative estimate of drug-likeness (QED) is 0.532. The van der Waals surface area contributed by atoms with Crippen LogP contribution in [-0.4, -0.2) is 50.9 Å². The van der Waals surface area contributed by atoms with Gasteiger partial charge < -0.3 is 10.2 Å². The molecule has 0 saturated carbocycles. The number of aryl methyl sites for hydroxylation is 1. The number of anilines is 1. The fourth-order valence-corrected chi connectivity index (χ4v) is 4.32. The van der Waals surface area contributed by atoms with Crippen LogP contribution in [0.3, 0.4) is 0 Å². The zero-order valence-corrected chi connectivity index (χ0v) is 18.3. The monoisotopic (exact) mass is 426 g/mol. The number of fused-ring (bicyclic) bond motifs is 1. The Bertz CT molecular complexity index is 1270. The number of amides is 1. The number of nitrogens with one attached hydrogen (secondary N) is 1. The number of nitrogens with zero attached hydrogens (tertiary/aromatic N) is 5. The van der Waals surface area contributed by atoms with Crippen molar-refractivity contribution in [3.05, 3.63) is 72.1 Å². The molecule has 32 heavy (non-hydrogen) atoms. The number of piperidine rings is 1. The molecule has 0 bridgehead atoms. The highest BCUT2D eigenvalue weighted by Crippen LogP contribution is 2.28. The summed E-state index contributed by atoms with van der Waals surface area (Å²) in [6, 6.07) is 15.8. The van der Waals surface area contributed by atoms with E-state index in [0.717, 1.165) is 48.0 Å². The molecule has 1 amide bonds. The van der Waals surface area contributed by atoms with Crippen LogP contribution in [0.1, 0.15) is 34.7 Å². The minimum Gasteiger partial charge on any atom is -0.306 e. The van der Waals surface area contributed by atoms with Gasteiger partial charge in [-0.15, -0.1) is 10.2 Å². The Morgan fingerprint density at radius 1 is 1.00 bits per heavy atom. The van der Waals surface area contributed by atoms with E-state index in [1.165, 1.54) is 5.56 Å². The Morgan fingerprint density at radius 3 is 2.62 bits per heavy atom. The highest BCUT2D eigenvalue weighted by molar-refractivity contribution is 6.04. The molecule has 1 fully saturated rings. The predicted octanol–water partition coefficient (Wildman–Crippen LogP) is 4.09. The van der Waals surface area contributed by atoms with Crippen molar-refractivity contribution >= 4 is 22.6 Å². The standard InChI is InChI=1S/C25H26N6O/c1-30-10-8-17(9-11-30)18-4-3-5-20(12-18)25(32)27-24-14-21-13-19(6-7-23(21)28-29-24)22-15-26-31(2)16-22/h3-7,12-17H,8-11H2,1-2H3,(H,27,29,32). The average molecular weight is 427 g/mol. The molecule has 7 nitrogen and oxygen atoms in total. The highest BCUT2D eigenvalue weighted by atomic mass is 16.1. The first-order chi connectivity index (χ1) is 15.5. The van der Waals surface area contributed by atoms with Gasteiger partial charge in [-0.1, -0.05) is 18.2 Å². The van der Waals surface area contributed by atoms with E-state index < -0.39 is 0 Å². The molecular formula is C25H26N6O. The van der Waals surface area contributed by atoms with Crippen LogP contribution in [0.15, 0.2) is 60.9 Å². The number of rotatable bonds is 4. The van der Waals surface area contributed by atoms with Gasteiger partial charge in [-0.3, -0.25) is 9.48 Å². The molecule has 3 heterocycles. The second-order valence-electron chi connectivity index (χ2n) is 8.56.